The predicted octanol–water partition coefficient (Wildman–Crippen LogP) is 7.56. The molecule has 2 saturated heterocycles. The number of aromatic nitrogens is 4. The van der Waals surface area contributed by atoms with Crippen LogP contribution in [0.25, 0.3) is 44.2 Å². The molecule has 3 aliphatic rings. The predicted molar refractivity (Wildman–Crippen MR) is 247 cm³/mol. The Kier molecular flexibility index (Phi) is 12.3. The molecule has 0 aliphatic carbocycles. The first-order valence-electron chi connectivity index (χ1n) is 22.5. The second-order valence-corrected chi connectivity index (χ2v) is 18.1. The minimum atomic E-state index is -1.36. The number of aromatic amines is 2. The van der Waals surface area contributed by atoms with E-state index >= 15 is 0 Å². The van der Waals surface area contributed by atoms with Crippen molar-refractivity contribution in [2.24, 2.45) is 11.8 Å². The second-order valence-electron chi connectivity index (χ2n) is 18.1. The zero-order chi connectivity index (χ0) is 46.3. The number of fused-ring (bicyclic) bond motifs is 6. The molecule has 0 bridgehead atoms. The van der Waals surface area contributed by atoms with Crippen molar-refractivity contribution in [3.63, 3.8) is 0 Å². The third-order valence-electron chi connectivity index (χ3n) is 13.6. The number of imidazole rings is 2. The van der Waals surface area contributed by atoms with Gasteiger partial charge in [0.2, 0.25) is 5.91 Å². The zero-order valence-electron chi connectivity index (χ0n) is 38.1. The van der Waals surface area contributed by atoms with Gasteiger partial charge in [-0.25, -0.2) is 19.6 Å². The Bertz CT molecular complexity index is 2790. The van der Waals surface area contributed by atoms with Crippen LogP contribution in [-0.4, -0.2) is 107 Å². The van der Waals surface area contributed by atoms with E-state index in [0.717, 1.165) is 86.9 Å². The molecule has 0 saturated carbocycles. The monoisotopic (exact) mass is 896 g/mol. The molecule has 6 aromatic rings. The number of hydrogen-bond acceptors (Lipinski definition) is 11. The second kappa shape index (κ2) is 18.2. The maximum Gasteiger partial charge on any atom is 0.407 e. The Balaban J connectivity index is 0.977. The van der Waals surface area contributed by atoms with Gasteiger partial charge in [-0.3, -0.25) is 9.69 Å². The molecule has 5 heterocycles. The average Bonchev–Trinajstić information content (AvgIpc) is 4.16. The number of H-pyrrole nitrogens is 2. The van der Waals surface area contributed by atoms with Crippen LogP contribution in [0.5, 0.6) is 5.75 Å². The molecular weight excluding hydrogens is 841 g/mol. The van der Waals surface area contributed by atoms with E-state index in [4.69, 9.17) is 28.9 Å². The summed E-state index contributed by atoms with van der Waals surface area (Å²) < 4.78 is 21.8. The van der Waals surface area contributed by atoms with Crippen molar-refractivity contribution in [3.05, 3.63) is 102 Å². The summed E-state index contributed by atoms with van der Waals surface area (Å²) in [6, 6.07) is 22.6. The molecule has 3 aliphatic heterocycles. The Labute approximate surface area is 382 Å². The number of hydrogen-bond donors (Lipinski definition) is 4. The third kappa shape index (κ3) is 8.23. The Morgan fingerprint density at radius 3 is 2.48 bits per heavy atom. The molecule has 6 atom stereocenters. The van der Waals surface area contributed by atoms with Crippen LogP contribution in [0.2, 0.25) is 0 Å². The summed E-state index contributed by atoms with van der Waals surface area (Å²) in [6.45, 7) is 7.59. The van der Waals surface area contributed by atoms with E-state index in [1.807, 2.05) is 68.3 Å². The smallest absolute Gasteiger partial charge is 0.407 e. The van der Waals surface area contributed by atoms with E-state index in [1.54, 1.807) is 7.11 Å². The highest BCUT2D eigenvalue weighted by molar-refractivity contribution is 6.07. The van der Waals surface area contributed by atoms with Crippen LogP contribution in [0, 0.1) is 11.8 Å². The fraction of sp³-hybridized carbons (Fsp3) is 0.400. The number of methoxy groups -OCH3 is 3. The van der Waals surface area contributed by atoms with E-state index in [-0.39, 0.29) is 42.4 Å². The molecule has 344 valence electrons. The van der Waals surface area contributed by atoms with Gasteiger partial charge in [0.25, 0.3) is 0 Å². The topological polar surface area (TPSA) is 193 Å². The molecule has 2 aromatic heterocycles. The normalized spacial score (nSPS) is 20.6. The van der Waals surface area contributed by atoms with E-state index in [1.165, 1.54) is 14.2 Å². The van der Waals surface area contributed by atoms with Crippen LogP contribution in [0.3, 0.4) is 0 Å². The van der Waals surface area contributed by atoms with Crippen molar-refractivity contribution in [2.75, 3.05) is 41.0 Å². The zero-order valence-corrected chi connectivity index (χ0v) is 38.1. The van der Waals surface area contributed by atoms with Gasteiger partial charge in [-0.1, -0.05) is 62.4 Å². The molecule has 0 spiro atoms. The van der Waals surface area contributed by atoms with E-state index in [2.05, 4.69) is 61.9 Å². The van der Waals surface area contributed by atoms with E-state index < -0.39 is 23.8 Å². The third-order valence-corrected chi connectivity index (χ3v) is 13.6. The van der Waals surface area contributed by atoms with Crippen molar-refractivity contribution < 1.29 is 38.1 Å². The van der Waals surface area contributed by atoms with E-state index in [9.17, 15) is 19.2 Å². The van der Waals surface area contributed by atoms with Crippen molar-refractivity contribution in [1.29, 1.82) is 0 Å². The molecule has 3 amide bonds. The van der Waals surface area contributed by atoms with Crippen molar-refractivity contribution in [2.45, 2.75) is 76.3 Å². The molecule has 0 radical (unpaired) electrons. The molecule has 4 N–H and O–H groups in total. The largest absolute Gasteiger partial charge is 0.488 e. The fourth-order valence-corrected chi connectivity index (χ4v) is 10.2. The summed E-state index contributed by atoms with van der Waals surface area (Å²) >= 11 is 0. The highest BCUT2D eigenvalue weighted by Gasteiger charge is 2.44. The summed E-state index contributed by atoms with van der Waals surface area (Å²) in [5.74, 6) is 2.11. The number of carbonyl (C=O) groups excluding carboxylic acids is 4. The lowest BCUT2D eigenvalue weighted by atomic mass is 9.90. The molecule has 0 unspecified atom stereocenters. The van der Waals surface area contributed by atoms with Gasteiger partial charge in [-0.15, -0.1) is 0 Å². The molecule has 16 heteroatoms. The standard InChI is InChI=1S/C50H56N8O8/c1-28(2)43(55-48(61)64-5)47(60)58-29(3)12-17-40(58)46-52-38-16-14-31-20-37-35-15-13-32(19-33(35)25-66-42(37)21-36(31)44(38)54-46)39-22-51-45(53-39)41-18-30(24-63-4)23-57(41)26-50(27-59,56-49(62)65-6)34-10-8-7-9-11-34/h7-11,13-16,19-22,27-30,40-41,43H,12,17-18,23-26H2,1-6H3,(H,51,53)(H,52,54)(H,55,61)(H,56,62)/t29-,30-,40-,41-,43-,50-/m0/s1. The number of rotatable bonds is 13. The summed E-state index contributed by atoms with van der Waals surface area (Å²) in [6.07, 6.45) is 3.58. The quantitative estimate of drug-likeness (QED) is 0.0837. The van der Waals surface area contributed by atoms with Crippen LogP contribution in [0.15, 0.2) is 79.0 Å². The first kappa shape index (κ1) is 44.4. The number of nitrogens with one attached hydrogen (secondary N) is 4. The lowest BCUT2D eigenvalue weighted by Crippen LogP contribution is -2.54. The maximum atomic E-state index is 14.0. The first-order valence-corrected chi connectivity index (χ1v) is 22.5. The summed E-state index contributed by atoms with van der Waals surface area (Å²) in [4.78, 5) is 73.0. The summed E-state index contributed by atoms with van der Waals surface area (Å²) in [5, 5.41) is 7.56. The number of ether oxygens (including phenoxy) is 4. The first-order chi connectivity index (χ1) is 31.9. The number of carbonyl (C=O) groups is 4. The van der Waals surface area contributed by atoms with Gasteiger partial charge < -0.3 is 49.2 Å². The number of amides is 3. The summed E-state index contributed by atoms with van der Waals surface area (Å²) in [7, 11) is 4.26. The van der Waals surface area contributed by atoms with Crippen LogP contribution >= 0.6 is 0 Å². The Morgan fingerprint density at radius 1 is 0.939 bits per heavy atom. The number of likely N-dealkylation sites (tertiary alicyclic amines) is 2. The molecular formula is C50H56N8O8. The average molecular weight is 897 g/mol. The number of benzene rings is 4. The highest BCUT2D eigenvalue weighted by atomic mass is 16.5. The minimum absolute atomic E-state index is 0.0328. The minimum Gasteiger partial charge on any atom is -0.488 e. The molecule has 9 rings (SSSR count). The number of alkyl carbamates (subject to hydrolysis) is 2. The van der Waals surface area contributed by atoms with Crippen molar-refractivity contribution >= 4 is 46.2 Å². The van der Waals surface area contributed by atoms with Gasteiger partial charge in [-0.05, 0) is 89.9 Å². The van der Waals surface area contributed by atoms with Gasteiger partial charge in [0, 0.05) is 37.2 Å². The lowest BCUT2D eigenvalue weighted by Gasteiger charge is -2.35. The van der Waals surface area contributed by atoms with Gasteiger partial charge >= 0.3 is 12.2 Å². The Hall–Kier alpha value is -6.78. The fourth-order valence-electron chi connectivity index (χ4n) is 10.2. The maximum absolute atomic E-state index is 14.0. The molecule has 2 fully saturated rings. The van der Waals surface area contributed by atoms with Crippen LogP contribution < -0.4 is 15.4 Å². The van der Waals surface area contributed by atoms with Crippen molar-refractivity contribution in [1.82, 2.24) is 40.4 Å². The van der Waals surface area contributed by atoms with Gasteiger partial charge in [-0.2, -0.15) is 0 Å². The molecule has 16 nitrogen and oxygen atoms in total. The van der Waals surface area contributed by atoms with Gasteiger partial charge in [0.1, 0.15) is 35.6 Å². The van der Waals surface area contributed by atoms with Gasteiger partial charge in [0.15, 0.2) is 6.29 Å². The van der Waals surface area contributed by atoms with Gasteiger partial charge in [0.05, 0.1) is 55.8 Å². The number of nitrogens with zero attached hydrogens (tertiary/aromatic N) is 4. The van der Waals surface area contributed by atoms with Crippen LogP contribution in [0.1, 0.15) is 74.9 Å². The Morgan fingerprint density at radius 2 is 1.74 bits per heavy atom. The number of aldehydes is 1. The van der Waals surface area contributed by atoms with Crippen molar-refractivity contribution in [3.8, 4) is 28.1 Å². The SMILES string of the molecule is COC[C@H]1C[C@@H](c2ncc(-c3ccc4c(c3)COc3cc5c(ccc6nc([C@@H]7CC[C@H](C)N7C(=O)[C@@H](NC(=O)OC)C(C)C)[nH]c65)cc3-4)[nH]2)N(C[C@@](C=O)(NC(=O)OC)c2ccccc2)C1. The molecule has 66 heavy (non-hydrogen) atoms. The van der Waals surface area contributed by atoms with Crippen LogP contribution in [0.4, 0.5) is 9.59 Å². The molecule has 4 aromatic carbocycles. The van der Waals surface area contributed by atoms with E-state index in [0.29, 0.717) is 31.1 Å². The van der Waals surface area contributed by atoms with Crippen LogP contribution in [-0.2, 0) is 35.9 Å². The lowest BCUT2D eigenvalue weighted by molar-refractivity contribution is -0.137. The summed E-state index contributed by atoms with van der Waals surface area (Å²) in [5.41, 5.74) is 5.86. The highest BCUT2D eigenvalue weighted by Crippen LogP contribution is 2.44.